The standard InChI is InChI=1S/C36H30N8O8S2.Na/c1-20-16-27(37)29(52-2)19-28(20)42-39-25-12-8-21(9-13-25)22-10-14-26(15-11-22)41-43-34-30(53(46,47)48)17-23-18-31(54(49,50)51)35(36(45)32(23)33(34)38)44-40-24-6-4-3-5-7-24;/h3-19,40H,37-38H2,1-2H3,(H,46,47,48)(H,49,50,51);/q;+1. The normalized spacial score (nSPS) is 13.8. The van der Waals surface area contributed by atoms with Crippen LogP contribution in [0.4, 0.5) is 39.8 Å². The summed E-state index contributed by atoms with van der Waals surface area (Å²) < 4.78 is 74.7. The minimum Gasteiger partial charge on any atom is -0.495 e. The quantitative estimate of drug-likeness (QED) is 0.0422. The number of azo groups is 2. The van der Waals surface area contributed by atoms with Gasteiger partial charge < -0.3 is 16.2 Å². The van der Waals surface area contributed by atoms with Crippen LogP contribution in [-0.4, -0.2) is 44.5 Å². The molecular formula is C36H30N8NaO8S2+. The van der Waals surface area contributed by atoms with E-state index in [1.54, 1.807) is 78.9 Å². The number of ketones is 1. The van der Waals surface area contributed by atoms with E-state index in [2.05, 4.69) is 31.0 Å². The van der Waals surface area contributed by atoms with Crippen LogP contribution in [0.3, 0.4) is 0 Å². The van der Waals surface area contributed by atoms with Gasteiger partial charge in [0.05, 0.1) is 46.8 Å². The Balaban J connectivity index is 0.00000580. The topological polar surface area (TPSA) is 261 Å². The average Bonchev–Trinajstić information content (AvgIpc) is 3.13. The summed E-state index contributed by atoms with van der Waals surface area (Å²) in [5.41, 5.74) is 17.1. The van der Waals surface area contributed by atoms with Crippen molar-refractivity contribution in [1.82, 2.24) is 0 Å². The molecule has 5 aromatic rings. The SMILES string of the molecule is COc1cc(N=Nc2ccc(-c3ccc(N=Nc4c(S(=O)(=O)O)cc5c(c4N)C(=O)C(=NNc4ccccc4)C(S(=O)(=O)O)=C5)cc3)cc2)c(C)cc1N.[Na+]. The van der Waals surface area contributed by atoms with E-state index in [0.29, 0.717) is 28.5 Å². The minimum absolute atomic E-state index is 0. The second kappa shape index (κ2) is 16.4. The molecule has 6 rings (SSSR count). The third-order valence-electron chi connectivity index (χ3n) is 8.08. The molecule has 274 valence electrons. The van der Waals surface area contributed by atoms with Crippen molar-refractivity contribution in [3.63, 3.8) is 0 Å². The Morgan fingerprint density at radius 3 is 1.87 bits per heavy atom. The Labute approximate surface area is 337 Å². The number of fused-ring (bicyclic) bond motifs is 1. The molecule has 0 bridgehead atoms. The smallest absolute Gasteiger partial charge is 0.495 e. The summed E-state index contributed by atoms with van der Waals surface area (Å²) in [6, 6.07) is 26.4. The van der Waals surface area contributed by atoms with Crippen LogP contribution < -0.4 is 51.2 Å². The summed E-state index contributed by atoms with van der Waals surface area (Å²) in [7, 11) is -8.59. The van der Waals surface area contributed by atoms with Gasteiger partial charge in [0.25, 0.3) is 20.2 Å². The fraction of sp³-hybridized carbons (Fsp3) is 0.0556. The number of nitrogens with zero attached hydrogens (tertiary/aromatic N) is 5. The number of nitrogens with one attached hydrogen (secondary N) is 1. The third kappa shape index (κ3) is 9.03. The zero-order valence-corrected chi connectivity index (χ0v) is 33.0. The number of benzene rings is 5. The number of para-hydroxylation sites is 1. The fourth-order valence-corrected chi connectivity index (χ4v) is 6.71. The van der Waals surface area contributed by atoms with Crippen LogP contribution in [0.25, 0.3) is 17.2 Å². The molecule has 0 aliphatic heterocycles. The number of hydrogen-bond acceptors (Lipinski definition) is 14. The van der Waals surface area contributed by atoms with E-state index >= 15 is 0 Å². The fourth-order valence-electron chi connectivity index (χ4n) is 5.38. The van der Waals surface area contributed by atoms with Crippen molar-refractivity contribution in [1.29, 1.82) is 0 Å². The number of hydrazone groups is 1. The summed E-state index contributed by atoms with van der Waals surface area (Å²) in [5, 5.41) is 20.6. The molecule has 0 saturated carbocycles. The number of allylic oxidation sites excluding steroid dienone is 1. The molecule has 0 spiro atoms. The van der Waals surface area contributed by atoms with E-state index in [0.717, 1.165) is 28.8 Å². The van der Waals surface area contributed by atoms with Gasteiger partial charge in [-0.1, -0.05) is 42.5 Å². The maximum absolute atomic E-state index is 13.7. The minimum atomic E-state index is -5.06. The van der Waals surface area contributed by atoms with E-state index in [1.807, 2.05) is 19.1 Å². The Hall–Kier alpha value is -5.60. The second-order valence-corrected chi connectivity index (χ2v) is 14.5. The van der Waals surface area contributed by atoms with Crippen LogP contribution in [-0.2, 0) is 20.2 Å². The van der Waals surface area contributed by atoms with Crippen molar-refractivity contribution in [2.24, 2.45) is 25.6 Å². The first-order valence-corrected chi connectivity index (χ1v) is 18.6. The Kier molecular flexibility index (Phi) is 12.1. The van der Waals surface area contributed by atoms with Gasteiger partial charge in [-0.3, -0.25) is 19.3 Å². The van der Waals surface area contributed by atoms with Gasteiger partial charge in [0.2, 0.25) is 5.78 Å². The van der Waals surface area contributed by atoms with Crippen molar-refractivity contribution in [2.75, 3.05) is 24.0 Å². The monoisotopic (exact) mass is 789 g/mol. The van der Waals surface area contributed by atoms with Crippen LogP contribution in [0.15, 0.2) is 132 Å². The number of Topliss-reactive ketones (excluding diaryl/α,β-unsaturated/α-hetero) is 1. The van der Waals surface area contributed by atoms with Gasteiger partial charge in [-0.25, -0.2) is 0 Å². The van der Waals surface area contributed by atoms with Crippen LogP contribution in [0, 0.1) is 6.92 Å². The van der Waals surface area contributed by atoms with Crippen molar-refractivity contribution in [3.05, 3.63) is 119 Å². The van der Waals surface area contributed by atoms with Crippen LogP contribution >= 0.6 is 0 Å². The van der Waals surface area contributed by atoms with Crippen molar-refractivity contribution in [2.45, 2.75) is 11.8 Å². The molecule has 0 atom stereocenters. The summed E-state index contributed by atoms with van der Waals surface area (Å²) in [6.45, 7) is 1.87. The molecule has 1 aliphatic carbocycles. The number of aryl methyl sites for hydroxylation is 1. The average molecular weight is 790 g/mol. The number of anilines is 3. The van der Waals surface area contributed by atoms with Crippen LogP contribution in [0.5, 0.6) is 5.75 Å². The van der Waals surface area contributed by atoms with Crippen molar-refractivity contribution < 1.29 is 65.0 Å². The molecule has 55 heavy (non-hydrogen) atoms. The zero-order chi connectivity index (χ0) is 38.8. The first kappa shape index (κ1) is 40.6. The third-order valence-corrected chi connectivity index (χ3v) is 9.81. The van der Waals surface area contributed by atoms with Crippen molar-refractivity contribution >= 4 is 77.6 Å². The van der Waals surface area contributed by atoms with E-state index in [9.17, 15) is 30.7 Å². The second-order valence-electron chi connectivity index (χ2n) is 11.7. The van der Waals surface area contributed by atoms with E-state index < -0.39 is 52.9 Å². The molecule has 19 heteroatoms. The zero-order valence-electron chi connectivity index (χ0n) is 29.4. The summed E-state index contributed by atoms with van der Waals surface area (Å²) in [6.07, 6.45) is 0.815. The van der Waals surface area contributed by atoms with Crippen LogP contribution in [0.2, 0.25) is 0 Å². The van der Waals surface area contributed by atoms with E-state index in [-0.39, 0.29) is 46.4 Å². The Morgan fingerprint density at radius 2 is 1.33 bits per heavy atom. The van der Waals surface area contributed by atoms with Gasteiger partial charge in [0.1, 0.15) is 21.2 Å². The molecule has 0 amide bonds. The van der Waals surface area contributed by atoms with Gasteiger partial charge >= 0.3 is 29.6 Å². The molecule has 1 aliphatic rings. The molecule has 0 heterocycles. The van der Waals surface area contributed by atoms with Crippen molar-refractivity contribution in [3.8, 4) is 16.9 Å². The largest absolute Gasteiger partial charge is 1.00 e. The van der Waals surface area contributed by atoms with Gasteiger partial charge in [-0.15, -0.1) is 5.11 Å². The number of nitrogens with two attached hydrogens (primary N) is 2. The predicted molar refractivity (Wildman–Crippen MR) is 204 cm³/mol. The van der Waals surface area contributed by atoms with Gasteiger partial charge in [-0.2, -0.15) is 37.3 Å². The summed E-state index contributed by atoms with van der Waals surface area (Å²) in [5.74, 6) is -0.574. The van der Waals surface area contributed by atoms with E-state index in [4.69, 9.17) is 16.2 Å². The van der Waals surface area contributed by atoms with Gasteiger partial charge in [-0.05, 0) is 83.8 Å². The number of nitrogen functional groups attached to an aromatic ring is 2. The van der Waals surface area contributed by atoms with E-state index in [1.165, 1.54) is 7.11 Å². The number of carbonyl (C=O) groups excluding carboxylic acids is 1. The molecular weight excluding hydrogens is 760 g/mol. The number of hydrogen-bond donors (Lipinski definition) is 5. The molecule has 0 fully saturated rings. The molecule has 7 N–H and O–H groups in total. The number of carbonyl (C=O) groups is 1. The Morgan fingerprint density at radius 1 is 0.745 bits per heavy atom. The molecule has 5 aromatic carbocycles. The number of methoxy groups -OCH3 is 1. The molecule has 0 radical (unpaired) electrons. The molecule has 0 saturated heterocycles. The molecule has 0 aromatic heterocycles. The maximum atomic E-state index is 13.7. The predicted octanol–water partition coefficient (Wildman–Crippen LogP) is 4.81. The number of rotatable bonds is 10. The van der Waals surface area contributed by atoms with Gasteiger partial charge in [0.15, 0.2) is 5.71 Å². The Bertz CT molecular complexity index is 2650. The van der Waals surface area contributed by atoms with Gasteiger partial charge in [0, 0.05) is 6.07 Å². The molecule has 16 nitrogen and oxygen atoms in total. The van der Waals surface area contributed by atoms with Crippen LogP contribution in [0.1, 0.15) is 21.5 Å². The summed E-state index contributed by atoms with van der Waals surface area (Å²) >= 11 is 0. The number of ether oxygens (including phenoxy) is 1. The maximum Gasteiger partial charge on any atom is 1.00 e. The molecule has 0 unspecified atom stereocenters. The summed E-state index contributed by atoms with van der Waals surface area (Å²) in [4.78, 5) is 11.9. The first-order chi connectivity index (χ1) is 25.6. The first-order valence-electron chi connectivity index (χ1n) is 15.7.